The van der Waals surface area contributed by atoms with Crippen molar-refractivity contribution in [2.45, 2.75) is 20.6 Å². The van der Waals surface area contributed by atoms with Crippen LogP contribution in [-0.4, -0.2) is 14.2 Å². The molecule has 0 saturated heterocycles. The van der Waals surface area contributed by atoms with Gasteiger partial charge in [0, 0.05) is 15.4 Å². The van der Waals surface area contributed by atoms with Crippen LogP contribution in [0.2, 0.25) is 0 Å². The van der Waals surface area contributed by atoms with Gasteiger partial charge in [0.05, 0.1) is 22.2 Å². The highest BCUT2D eigenvalue weighted by molar-refractivity contribution is 7.99. The van der Waals surface area contributed by atoms with Gasteiger partial charge in [-0.15, -0.1) is 0 Å². The summed E-state index contributed by atoms with van der Waals surface area (Å²) in [5.41, 5.74) is 1.72. The average molecular weight is 403 g/mol. The van der Waals surface area contributed by atoms with Gasteiger partial charge in [0.25, 0.3) is 0 Å². The maximum absolute atomic E-state index is 12.8. The van der Waals surface area contributed by atoms with Crippen LogP contribution in [0.5, 0.6) is 0 Å². The molecule has 0 aliphatic heterocycles. The van der Waals surface area contributed by atoms with E-state index in [1.165, 1.54) is 0 Å². The average Bonchev–Trinajstić information content (AvgIpc) is 2.75. The van der Waals surface area contributed by atoms with Crippen molar-refractivity contribution in [3.63, 3.8) is 0 Å². The molecule has 3 nitrogen and oxygen atoms in total. The number of rotatable bonds is 6. The molecule has 138 valence electrons. The molecule has 4 aromatic rings. The molecule has 1 aromatic heterocycles. The predicted molar refractivity (Wildman–Crippen MR) is 115 cm³/mol. The van der Waals surface area contributed by atoms with Gasteiger partial charge in [0.15, 0.2) is 5.82 Å². The van der Waals surface area contributed by atoms with Crippen molar-refractivity contribution in [1.82, 2.24) is 9.97 Å². The first-order valence-corrected chi connectivity index (χ1v) is 11.0. The van der Waals surface area contributed by atoms with Crippen molar-refractivity contribution >= 4 is 22.6 Å². The van der Waals surface area contributed by atoms with E-state index in [1.54, 1.807) is 11.8 Å². The summed E-state index contributed by atoms with van der Waals surface area (Å²) in [6, 6.07) is 31.4. The predicted octanol–water partition coefficient (Wildman–Crippen LogP) is 5.60. The van der Waals surface area contributed by atoms with Crippen LogP contribution in [0.1, 0.15) is 5.69 Å². The molecule has 1 heterocycles. The largest absolute Gasteiger partial charge is 0.254 e. The van der Waals surface area contributed by atoms with Crippen molar-refractivity contribution in [3.05, 3.63) is 103 Å². The van der Waals surface area contributed by atoms with Gasteiger partial charge in [-0.3, -0.25) is 4.21 Å². The van der Waals surface area contributed by atoms with Crippen LogP contribution in [0.15, 0.2) is 112 Å². The smallest absolute Gasteiger partial charge is 0.160 e. The lowest BCUT2D eigenvalue weighted by molar-refractivity contribution is 0.682. The Hall–Kier alpha value is -2.76. The Bertz CT molecular complexity index is 1070. The summed E-state index contributed by atoms with van der Waals surface area (Å²) in [5, 5.41) is 0.847. The van der Waals surface area contributed by atoms with Gasteiger partial charge in [0.1, 0.15) is 5.03 Å². The molecule has 5 heteroatoms. The highest BCUT2D eigenvalue weighted by Crippen LogP contribution is 2.28. The van der Waals surface area contributed by atoms with E-state index in [2.05, 4.69) is 12.1 Å². The molecule has 0 radical (unpaired) electrons. The Morgan fingerprint density at radius 1 is 0.750 bits per heavy atom. The monoisotopic (exact) mass is 402 g/mol. The number of benzene rings is 3. The molecule has 0 bridgehead atoms. The number of hydrogen-bond acceptors (Lipinski definition) is 4. The molecule has 28 heavy (non-hydrogen) atoms. The quantitative estimate of drug-likeness (QED) is 0.394. The molecule has 1 atom stereocenters. The summed E-state index contributed by atoms with van der Waals surface area (Å²) < 4.78 is 12.8. The first kappa shape index (κ1) is 18.6. The zero-order valence-corrected chi connectivity index (χ0v) is 16.7. The SMILES string of the molecule is O=[S@](Cc1cc(Sc2ccccc2)nc(-c2ccccc2)n1)c1ccccc1. The third-order valence-corrected chi connectivity index (χ3v) is 6.32. The minimum atomic E-state index is -1.15. The molecule has 0 aliphatic rings. The van der Waals surface area contributed by atoms with E-state index in [9.17, 15) is 4.21 Å². The van der Waals surface area contributed by atoms with Gasteiger partial charge >= 0.3 is 0 Å². The second kappa shape index (κ2) is 8.95. The zero-order valence-electron chi connectivity index (χ0n) is 15.1. The normalized spacial score (nSPS) is 11.9. The van der Waals surface area contributed by atoms with E-state index in [0.29, 0.717) is 11.6 Å². The maximum atomic E-state index is 12.8. The van der Waals surface area contributed by atoms with Crippen LogP contribution in [0.4, 0.5) is 0 Å². The molecular weight excluding hydrogens is 384 g/mol. The first-order valence-electron chi connectivity index (χ1n) is 8.88. The fourth-order valence-electron chi connectivity index (χ4n) is 2.71. The molecular formula is C23H18N2OS2. The van der Waals surface area contributed by atoms with Gasteiger partial charge in [-0.25, -0.2) is 9.97 Å². The zero-order chi connectivity index (χ0) is 19.2. The molecule has 0 amide bonds. The molecule has 0 fully saturated rings. The minimum Gasteiger partial charge on any atom is -0.254 e. The molecule has 3 aromatic carbocycles. The standard InChI is InChI=1S/C23H18N2OS2/c26-28(21-14-8-3-9-15-21)17-19-16-22(27-20-12-6-2-7-13-20)25-23(24-19)18-10-4-1-5-11-18/h1-16H,17H2/t28-/m1/s1. The summed E-state index contributed by atoms with van der Waals surface area (Å²) in [6.07, 6.45) is 0. The highest BCUT2D eigenvalue weighted by atomic mass is 32.2. The fourth-order valence-corrected chi connectivity index (χ4v) is 4.62. The van der Waals surface area contributed by atoms with E-state index in [-0.39, 0.29) is 0 Å². The number of aromatic nitrogens is 2. The van der Waals surface area contributed by atoms with Crippen LogP contribution in [-0.2, 0) is 16.6 Å². The van der Waals surface area contributed by atoms with E-state index in [1.807, 2.05) is 84.9 Å². The van der Waals surface area contributed by atoms with E-state index in [4.69, 9.17) is 9.97 Å². The minimum absolute atomic E-state index is 0.356. The Morgan fingerprint density at radius 2 is 1.36 bits per heavy atom. The third kappa shape index (κ3) is 4.74. The summed E-state index contributed by atoms with van der Waals surface area (Å²) in [7, 11) is -1.15. The topological polar surface area (TPSA) is 42.9 Å². The van der Waals surface area contributed by atoms with Gasteiger partial charge in [-0.2, -0.15) is 0 Å². The van der Waals surface area contributed by atoms with Crippen LogP contribution < -0.4 is 0 Å². The van der Waals surface area contributed by atoms with Crippen molar-refractivity contribution in [1.29, 1.82) is 0 Å². The van der Waals surface area contributed by atoms with Crippen molar-refractivity contribution < 1.29 is 4.21 Å². The van der Waals surface area contributed by atoms with Gasteiger partial charge in [-0.05, 0) is 30.3 Å². The van der Waals surface area contributed by atoms with Crippen LogP contribution in [0, 0.1) is 0 Å². The molecule has 0 saturated carbocycles. The van der Waals surface area contributed by atoms with Crippen molar-refractivity contribution in [2.24, 2.45) is 0 Å². The molecule has 0 N–H and O–H groups in total. The van der Waals surface area contributed by atoms with Gasteiger partial charge < -0.3 is 0 Å². The summed E-state index contributed by atoms with van der Waals surface area (Å²) in [4.78, 5) is 11.3. The van der Waals surface area contributed by atoms with Gasteiger partial charge in [-0.1, -0.05) is 78.5 Å². The number of nitrogens with zero attached hydrogens (tertiary/aromatic N) is 2. The highest BCUT2D eigenvalue weighted by Gasteiger charge is 2.12. The van der Waals surface area contributed by atoms with E-state index in [0.717, 1.165) is 26.1 Å². The van der Waals surface area contributed by atoms with E-state index < -0.39 is 10.8 Å². The van der Waals surface area contributed by atoms with Gasteiger partial charge in [0.2, 0.25) is 0 Å². The molecule has 0 spiro atoms. The Kier molecular flexibility index (Phi) is 5.95. The maximum Gasteiger partial charge on any atom is 0.160 e. The lowest BCUT2D eigenvalue weighted by Crippen LogP contribution is -2.02. The first-order chi connectivity index (χ1) is 13.8. The lowest BCUT2D eigenvalue weighted by atomic mass is 10.2. The van der Waals surface area contributed by atoms with Crippen LogP contribution >= 0.6 is 11.8 Å². The summed E-state index contributed by atoms with van der Waals surface area (Å²) in [5.74, 6) is 1.01. The van der Waals surface area contributed by atoms with Crippen LogP contribution in [0.25, 0.3) is 11.4 Å². The number of hydrogen-bond donors (Lipinski definition) is 0. The van der Waals surface area contributed by atoms with Crippen molar-refractivity contribution in [2.75, 3.05) is 0 Å². The lowest BCUT2D eigenvalue weighted by Gasteiger charge is -2.09. The molecule has 0 unspecified atom stereocenters. The Balaban J connectivity index is 1.68. The Labute approximate surface area is 171 Å². The second-order valence-corrected chi connectivity index (χ2v) is 8.65. The summed E-state index contributed by atoms with van der Waals surface area (Å²) >= 11 is 1.58. The third-order valence-electron chi connectivity index (χ3n) is 4.04. The van der Waals surface area contributed by atoms with Crippen LogP contribution in [0.3, 0.4) is 0 Å². The molecule has 4 rings (SSSR count). The summed E-state index contributed by atoms with van der Waals surface area (Å²) in [6.45, 7) is 0. The molecule has 0 aliphatic carbocycles. The van der Waals surface area contributed by atoms with E-state index >= 15 is 0 Å². The Morgan fingerprint density at radius 3 is 2.04 bits per heavy atom. The van der Waals surface area contributed by atoms with Crippen molar-refractivity contribution in [3.8, 4) is 11.4 Å². The second-order valence-electron chi connectivity index (χ2n) is 6.11. The fraction of sp³-hybridized carbons (Fsp3) is 0.0435.